The highest BCUT2D eigenvalue weighted by Gasteiger charge is 2.41. The van der Waals surface area contributed by atoms with Gasteiger partial charge >= 0.3 is 0 Å². The van der Waals surface area contributed by atoms with E-state index in [-0.39, 0.29) is 23.3 Å². The van der Waals surface area contributed by atoms with Crippen LogP contribution < -0.4 is 10.1 Å². The van der Waals surface area contributed by atoms with E-state index in [9.17, 15) is 4.79 Å². The van der Waals surface area contributed by atoms with E-state index in [0.717, 1.165) is 17.7 Å². The molecule has 23 heavy (non-hydrogen) atoms. The van der Waals surface area contributed by atoms with Crippen LogP contribution in [-0.2, 0) is 4.79 Å². The quantitative estimate of drug-likeness (QED) is 0.935. The molecule has 2 aromatic carbocycles. The van der Waals surface area contributed by atoms with Gasteiger partial charge in [0.1, 0.15) is 5.75 Å². The van der Waals surface area contributed by atoms with Gasteiger partial charge in [-0.05, 0) is 43.5 Å². The lowest BCUT2D eigenvalue weighted by Gasteiger charge is -2.43. The van der Waals surface area contributed by atoms with Crippen molar-refractivity contribution >= 4 is 5.91 Å². The van der Waals surface area contributed by atoms with Crippen molar-refractivity contribution in [2.24, 2.45) is 0 Å². The highest BCUT2D eigenvalue weighted by Crippen LogP contribution is 2.41. The lowest BCUT2D eigenvalue weighted by molar-refractivity contribution is -0.127. The zero-order valence-electron chi connectivity index (χ0n) is 13.9. The molecule has 0 aromatic heterocycles. The Labute approximate surface area is 137 Å². The largest absolute Gasteiger partial charge is 0.497 e. The number of carbonyl (C=O) groups excluding carboxylic acids is 1. The Morgan fingerprint density at radius 3 is 2.26 bits per heavy atom. The van der Waals surface area contributed by atoms with E-state index in [1.165, 1.54) is 5.56 Å². The predicted molar refractivity (Wildman–Crippen MR) is 91.8 cm³/mol. The number of rotatable bonds is 3. The molecule has 1 heterocycles. The molecular formula is C20H23NO2. The number of hydrogen-bond donors (Lipinski definition) is 1. The van der Waals surface area contributed by atoms with Gasteiger partial charge < -0.3 is 10.1 Å². The minimum atomic E-state index is -0.249. The maximum Gasteiger partial charge on any atom is 0.227 e. The van der Waals surface area contributed by atoms with Crippen molar-refractivity contribution in [2.45, 2.75) is 37.6 Å². The van der Waals surface area contributed by atoms with Crippen LogP contribution in [0.15, 0.2) is 54.6 Å². The Hall–Kier alpha value is -2.29. The van der Waals surface area contributed by atoms with E-state index in [1.807, 2.05) is 30.3 Å². The lowest BCUT2D eigenvalue weighted by atomic mass is 9.71. The second kappa shape index (κ2) is 6.07. The molecule has 0 bridgehead atoms. The van der Waals surface area contributed by atoms with Crippen molar-refractivity contribution in [1.82, 2.24) is 5.32 Å². The monoisotopic (exact) mass is 309 g/mol. The first-order valence-corrected chi connectivity index (χ1v) is 8.02. The predicted octanol–water partition coefficient (Wildman–Crippen LogP) is 3.86. The van der Waals surface area contributed by atoms with Crippen LogP contribution in [0.25, 0.3) is 0 Å². The summed E-state index contributed by atoms with van der Waals surface area (Å²) in [5, 5.41) is 3.21. The van der Waals surface area contributed by atoms with Crippen molar-refractivity contribution < 1.29 is 9.53 Å². The Balaban J connectivity index is 1.91. The van der Waals surface area contributed by atoms with Crippen LogP contribution in [-0.4, -0.2) is 18.6 Å². The second-order valence-electron chi connectivity index (χ2n) is 6.74. The third-order valence-corrected chi connectivity index (χ3v) is 4.82. The standard InChI is InChI=1S/C20H23NO2/c1-20(2)18(15-7-5-4-6-8-15)13-17(19(22)21-20)14-9-11-16(23-3)12-10-14/h4-12,17-18H,13H2,1-3H3,(H,21,22)/t17-,18+/m1/s1. The van der Waals surface area contributed by atoms with Crippen LogP contribution in [0.2, 0.25) is 0 Å². The van der Waals surface area contributed by atoms with Gasteiger partial charge in [-0.2, -0.15) is 0 Å². The summed E-state index contributed by atoms with van der Waals surface area (Å²) in [6.45, 7) is 4.21. The zero-order valence-corrected chi connectivity index (χ0v) is 13.9. The SMILES string of the molecule is COc1ccc([C@H]2C[C@@H](c3ccccc3)C(C)(C)NC2=O)cc1. The maximum absolute atomic E-state index is 12.6. The molecular weight excluding hydrogens is 286 g/mol. The van der Waals surface area contributed by atoms with E-state index in [1.54, 1.807) is 7.11 Å². The molecule has 1 fully saturated rings. The molecule has 1 aliphatic heterocycles. The smallest absolute Gasteiger partial charge is 0.227 e. The van der Waals surface area contributed by atoms with Crippen LogP contribution in [0.5, 0.6) is 5.75 Å². The number of amides is 1. The molecule has 2 aromatic rings. The van der Waals surface area contributed by atoms with Gasteiger partial charge in [0.05, 0.1) is 13.0 Å². The molecule has 3 nitrogen and oxygen atoms in total. The number of methoxy groups -OCH3 is 1. The van der Waals surface area contributed by atoms with Gasteiger partial charge in [0.25, 0.3) is 0 Å². The summed E-state index contributed by atoms with van der Waals surface area (Å²) in [7, 11) is 1.65. The lowest BCUT2D eigenvalue weighted by Crippen LogP contribution is -2.54. The third-order valence-electron chi connectivity index (χ3n) is 4.82. The maximum atomic E-state index is 12.6. The summed E-state index contributed by atoms with van der Waals surface area (Å²) in [5.74, 6) is 1.07. The Bertz CT molecular complexity index is 677. The number of carbonyl (C=O) groups is 1. The van der Waals surface area contributed by atoms with Crippen molar-refractivity contribution in [2.75, 3.05) is 7.11 Å². The fourth-order valence-electron chi connectivity index (χ4n) is 3.49. The van der Waals surface area contributed by atoms with Crippen LogP contribution in [0.3, 0.4) is 0 Å². The summed E-state index contributed by atoms with van der Waals surface area (Å²) in [5.41, 5.74) is 2.07. The van der Waals surface area contributed by atoms with E-state index in [4.69, 9.17) is 4.74 Å². The van der Waals surface area contributed by atoms with Crippen LogP contribution in [0.1, 0.15) is 43.2 Å². The van der Waals surface area contributed by atoms with E-state index in [0.29, 0.717) is 0 Å². The van der Waals surface area contributed by atoms with Crippen molar-refractivity contribution in [3.8, 4) is 5.75 Å². The first-order valence-electron chi connectivity index (χ1n) is 8.02. The van der Waals surface area contributed by atoms with E-state index < -0.39 is 0 Å². The van der Waals surface area contributed by atoms with Crippen LogP contribution in [0, 0.1) is 0 Å². The average Bonchev–Trinajstić information content (AvgIpc) is 2.55. The summed E-state index contributed by atoms with van der Waals surface area (Å²) >= 11 is 0. The topological polar surface area (TPSA) is 38.3 Å². The number of piperidine rings is 1. The van der Waals surface area contributed by atoms with Crippen molar-refractivity contribution in [1.29, 1.82) is 0 Å². The Kier molecular flexibility index (Phi) is 4.12. The van der Waals surface area contributed by atoms with Gasteiger partial charge in [0, 0.05) is 11.5 Å². The molecule has 3 rings (SSSR count). The molecule has 0 unspecified atom stereocenters. The number of hydrogen-bond acceptors (Lipinski definition) is 2. The molecule has 1 N–H and O–H groups in total. The first kappa shape index (κ1) is 15.6. The molecule has 1 aliphatic rings. The number of benzene rings is 2. The van der Waals surface area contributed by atoms with Gasteiger partial charge in [0.2, 0.25) is 5.91 Å². The summed E-state index contributed by atoms with van der Waals surface area (Å²) in [6.07, 6.45) is 0.815. The second-order valence-corrected chi connectivity index (χ2v) is 6.74. The van der Waals surface area contributed by atoms with Gasteiger partial charge in [0.15, 0.2) is 0 Å². The van der Waals surface area contributed by atoms with Crippen LogP contribution >= 0.6 is 0 Å². The molecule has 0 saturated carbocycles. The van der Waals surface area contributed by atoms with Crippen molar-refractivity contribution in [3.63, 3.8) is 0 Å². The highest BCUT2D eigenvalue weighted by molar-refractivity contribution is 5.85. The summed E-state index contributed by atoms with van der Waals surface area (Å²) in [6, 6.07) is 18.3. The Morgan fingerprint density at radius 1 is 1.00 bits per heavy atom. The van der Waals surface area contributed by atoms with Gasteiger partial charge in [-0.15, -0.1) is 0 Å². The zero-order chi connectivity index (χ0) is 16.4. The average molecular weight is 309 g/mol. The minimum absolute atomic E-state index is 0.104. The minimum Gasteiger partial charge on any atom is -0.497 e. The normalized spacial score (nSPS) is 23.2. The molecule has 2 atom stereocenters. The number of nitrogens with one attached hydrogen (secondary N) is 1. The molecule has 0 aliphatic carbocycles. The molecule has 1 saturated heterocycles. The molecule has 120 valence electrons. The fraction of sp³-hybridized carbons (Fsp3) is 0.350. The Morgan fingerprint density at radius 2 is 1.65 bits per heavy atom. The van der Waals surface area contributed by atoms with Crippen molar-refractivity contribution in [3.05, 3.63) is 65.7 Å². The molecule has 3 heteroatoms. The van der Waals surface area contributed by atoms with E-state index >= 15 is 0 Å². The van der Waals surface area contributed by atoms with Crippen LogP contribution in [0.4, 0.5) is 0 Å². The summed E-state index contributed by atoms with van der Waals surface area (Å²) < 4.78 is 5.21. The van der Waals surface area contributed by atoms with Gasteiger partial charge in [-0.1, -0.05) is 42.5 Å². The van der Waals surface area contributed by atoms with E-state index in [2.05, 4.69) is 43.4 Å². The third kappa shape index (κ3) is 3.09. The highest BCUT2D eigenvalue weighted by atomic mass is 16.5. The summed E-state index contributed by atoms with van der Waals surface area (Å²) in [4.78, 5) is 12.6. The molecule has 0 spiro atoms. The van der Waals surface area contributed by atoms with Gasteiger partial charge in [-0.25, -0.2) is 0 Å². The number of ether oxygens (including phenoxy) is 1. The first-order chi connectivity index (χ1) is 11.0. The molecule has 1 amide bonds. The van der Waals surface area contributed by atoms with Gasteiger partial charge in [-0.3, -0.25) is 4.79 Å². The molecule has 0 radical (unpaired) electrons. The fourth-order valence-corrected chi connectivity index (χ4v) is 3.49.